The van der Waals surface area contributed by atoms with Crippen LogP contribution in [0, 0.1) is 8.73 Å². The van der Waals surface area contributed by atoms with E-state index < -0.39 is 0 Å². The topological polar surface area (TPSA) is 62.8 Å². The summed E-state index contributed by atoms with van der Waals surface area (Å²) in [7, 11) is 1.60. The second kappa shape index (κ2) is 4.97. The number of aromatic nitrogens is 3. The van der Waals surface area contributed by atoms with Gasteiger partial charge in [0.15, 0.2) is 8.73 Å². The molecule has 0 spiro atoms. The number of fused-ring (bicyclic) bond motifs is 1. The molecule has 0 aliphatic rings. The average Bonchev–Trinajstić information content (AvgIpc) is 2.75. The number of hydrogen-bond donors (Lipinski definition) is 2. The third-order valence-electron chi connectivity index (χ3n) is 2.79. The van der Waals surface area contributed by atoms with Crippen molar-refractivity contribution in [3.8, 4) is 11.4 Å². The molecule has 0 aliphatic carbocycles. The number of ether oxygens (including phenoxy) is 1. The molecule has 0 saturated carbocycles. The van der Waals surface area contributed by atoms with Crippen molar-refractivity contribution in [2.75, 3.05) is 7.11 Å². The van der Waals surface area contributed by atoms with Crippen molar-refractivity contribution in [1.29, 1.82) is 0 Å². The Morgan fingerprint density at radius 3 is 2.85 bits per heavy atom. The Balaban J connectivity index is 2.41. The monoisotopic (exact) mass is 323 g/mol. The minimum atomic E-state index is -0.235. The number of aromatic amines is 2. The first kappa shape index (κ1) is 13.2. The van der Waals surface area contributed by atoms with Crippen molar-refractivity contribution in [3.05, 3.63) is 43.3 Å². The molecule has 2 N–H and O–H groups in total. The molecule has 1 aromatic carbocycles. The lowest BCUT2D eigenvalue weighted by atomic mass is 10.3. The van der Waals surface area contributed by atoms with Crippen LogP contribution >= 0.6 is 35.8 Å². The summed E-state index contributed by atoms with van der Waals surface area (Å²) in [4.78, 5) is 17.4. The zero-order valence-electron chi connectivity index (χ0n) is 10.3. The maximum Gasteiger partial charge on any atom is 0.271 e. The fraction of sp³-hybridized carbons (Fsp3) is 0.0833. The van der Waals surface area contributed by atoms with E-state index in [1.54, 1.807) is 11.7 Å². The first-order chi connectivity index (χ1) is 9.60. The van der Waals surface area contributed by atoms with Crippen LogP contribution in [0.4, 0.5) is 0 Å². The summed E-state index contributed by atoms with van der Waals surface area (Å²) in [5.74, 6) is 0.715. The van der Waals surface area contributed by atoms with E-state index in [2.05, 4.69) is 9.97 Å². The molecule has 3 rings (SSSR count). The second-order valence-electron chi connectivity index (χ2n) is 3.99. The molecule has 0 radical (unpaired) electrons. The van der Waals surface area contributed by atoms with Crippen LogP contribution in [-0.2, 0) is 0 Å². The van der Waals surface area contributed by atoms with Gasteiger partial charge in [-0.2, -0.15) is 0 Å². The predicted octanol–water partition coefficient (Wildman–Crippen LogP) is 3.18. The smallest absolute Gasteiger partial charge is 0.271 e. The maximum absolute atomic E-state index is 11.9. The van der Waals surface area contributed by atoms with Crippen molar-refractivity contribution in [2.45, 2.75) is 0 Å². The predicted molar refractivity (Wildman–Crippen MR) is 84.3 cm³/mol. The fourth-order valence-corrected chi connectivity index (χ4v) is 3.40. The minimum absolute atomic E-state index is 0.235. The number of H-pyrrole nitrogens is 2. The Bertz CT molecular complexity index is 964. The molecular weight excluding hydrogens is 314 g/mol. The summed E-state index contributed by atoms with van der Waals surface area (Å²) in [6.45, 7) is 0. The van der Waals surface area contributed by atoms with Crippen molar-refractivity contribution in [1.82, 2.24) is 14.5 Å². The number of benzene rings is 1. The van der Waals surface area contributed by atoms with Crippen LogP contribution in [0.3, 0.4) is 0 Å². The van der Waals surface area contributed by atoms with Crippen LogP contribution in [0.25, 0.3) is 16.0 Å². The van der Waals surface area contributed by atoms with E-state index in [1.165, 1.54) is 11.3 Å². The minimum Gasteiger partial charge on any atom is -0.497 e. The first-order valence-electron chi connectivity index (χ1n) is 5.63. The molecule has 0 bridgehead atoms. The summed E-state index contributed by atoms with van der Waals surface area (Å²) >= 11 is 11.6. The fourth-order valence-electron chi connectivity index (χ4n) is 1.92. The number of rotatable bonds is 2. The van der Waals surface area contributed by atoms with Gasteiger partial charge in [0.1, 0.15) is 16.1 Å². The molecular formula is C12H9N3O2S3. The van der Waals surface area contributed by atoms with Crippen LogP contribution in [0.15, 0.2) is 29.1 Å². The molecule has 2 aromatic heterocycles. The largest absolute Gasteiger partial charge is 0.497 e. The van der Waals surface area contributed by atoms with Gasteiger partial charge in [-0.05, 0) is 36.6 Å². The van der Waals surface area contributed by atoms with Gasteiger partial charge in [-0.1, -0.05) is 17.4 Å². The molecule has 0 atom stereocenters. The standard InChI is InChI=1S/C12H9N3O2S3/c1-17-7-4-2-3-6(5-7)15-9-8(20-12(15)19)10(16)14-11(18)13-9/h2-5H,1H3,(H2,13,14,16,18). The lowest BCUT2D eigenvalue weighted by molar-refractivity contribution is 0.414. The van der Waals surface area contributed by atoms with Gasteiger partial charge in [-0.15, -0.1) is 0 Å². The van der Waals surface area contributed by atoms with E-state index in [-0.39, 0.29) is 10.3 Å². The first-order valence-corrected chi connectivity index (χ1v) is 7.26. The lowest BCUT2D eigenvalue weighted by Crippen LogP contribution is -2.07. The van der Waals surface area contributed by atoms with Crippen LogP contribution in [0.2, 0.25) is 0 Å². The molecule has 102 valence electrons. The normalized spacial score (nSPS) is 10.8. The van der Waals surface area contributed by atoms with Crippen molar-refractivity contribution in [2.24, 2.45) is 0 Å². The van der Waals surface area contributed by atoms with Gasteiger partial charge in [0.2, 0.25) is 0 Å². The van der Waals surface area contributed by atoms with Gasteiger partial charge in [-0.3, -0.25) is 14.3 Å². The second-order valence-corrected chi connectivity index (χ2v) is 6.04. The summed E-state index contributed by atoms with van der Waals surface area (Å²) in [6, 6.07) is 7.44. The number of nitrogens with one attached hydrogen (secondary N) is 2. The molecule has 0 saturated heterocycles. The Morgan fingerprint density at radius 2 is 2.10 bits per heavy atom. The highest BCUT2D eigenvalue weighted by molar-refractivity contribution is 7.73. The molecule has 0 aliphatic heterocycles. The van der Waals surface area contributed by atoms with Gasteiger partial charge in [0.05, 0.1) is 12.8 Å². The van der Waals surface area contributed by atoms with Crippen LogP contribution < -0.4 is 10.3 Å². The number of nitrogens with zero attached hydrogens (tertiary/aromatic N) is 1. The highest BCUT2D eigenvalue weighted by atomic mass is 32.1. The molecule has 3 aromatic rings. The van der Waals surface area contributed by atoms with Gasteiger partial charge < -0.3 is 9.72 Å². The van der Waals surface area contributed by atoms with E-state index >= 15 is 0 Å². The zero-order valence-corrected chi connectivity index (χ0v) is 12.7. The molecule has 0 fully saturated rings. The van der Waals surface area contributed by atoms with E-state index in [4.69, 9.17) is 29.2 Å². The number of thiazole rings is 1. The van der Waals surface area contributed by atoms with E-state index in [0.29, 0.717) is 20.1 Å². The summed E-state index contributed by atoms with van der Waals surface area (Å²) in [6.07, 6.45) is 0. The SMILES string of the molecule is COc1cccc(-n2c(=S)sc3c(=O)[nH]c(=S)[nH]c32)c1. The molecule has 0 amide bonds. The van der Waals surface area contributed by atoms with Crippen molar-refractivity contribution < 1.29 is 4.74 Å². The van der Waals surface area contributed by atoms with Crippen molar-refractivity contribution >= 4 is 46.1 Å². The molecule has 8 heteroatoms. The van der Waals surface area contributed by atoms with Gasteiger partial charge in [-0.25, -0.2) is 0 Å². The maximum atomic E-state index is 11.9. The van der Waals surface area contributed by atoms with Gasteiger partial charge in [0, 0.05) is 6.07 Å². The Hall–Kier alpha value is -1.77. The van der Waals surface area contributed by atoms with Crippen LogP contribution in [0.5, 0.6) is 5.75 Å². The van der Waals surface area contributed by atoms with Crippen LogP contribution in [0.1, 0.15) is 0 Å². The number of hydrogen-bond acceptors (Lipinski definition) is 5. The quantitative estimate of drug-likeness (QED) is 0.711. The third kappa shape index (κ3) is 2.11. The van der Waals surface area contributed by atoms with E-state index in [0.717, 1.165) is 5.69 Å². The van der Waals surface area contributed by atoms with E-state index in [1.807, 2.05) is 24.3 Å². The lowest BCUT2D eigenvalue weighted by Gasteiger charge is -2.06. The van der Waals surface area contributed by atoms with E-state index in [9.17, 15) is 4.79 Å². The Labute approximate surface area is 127 Å². The van der Waals surface area contributed by atoms with Crippen LogP contribution in [-0.4, -0.2) is 21.6 Å². The Morgan fingerprint density at radius 1 is 1.30 bits per heavy atom. The summed E-state index contributed by atoms with van der Waals surface area (Å²) < 4.78 is 8.35. The van der Waals surface area contributed by atoms with Crippen molar-refractivity contribution in [3.63, 3.8) is 0 Å². The summed E-state index contributed by atoms with van der Waals surface area (Å²) in [5, 5.41) is 0. The molecule has 5 nitrogen and oxygen atoms in total. The summed E-state index contributed by atoms with van der Waals surface area (Å²) in [5.41, 5.74) is 1.18. The molecule has 0 unspecified atom stereocenters. The third-order valence-corrected chi connectivity index (χ3v) is 4.36. The highest BCUT2D eigenvalue weighted by Gasteiger charge is 2.11. The number of methoxy groups -OCH3 is 1. The Kier molecular flexibility index (Phi) is 3.28. The molecule has 20 heavy (non-hydrogen) atoms. The average molecular weight is 323 g/mol. The van der Waals surface area contributed by atoms with Gasteiger partial charge >= 0.3 is 0 Å². The van der Waals surface area contributed by atoms with Gasteiger partial charge in [0.25, 0.3) is 5.56 Å². The highest BCUT2D eigenvalue weighted by Crippen LogP contribution is 2.24. The molecule has 2 heterocycles. The zero-order chi connectivity index (χ0) is 14.3.